The summed E-state index contributed by atoms with van der Waals surface area (Å²) >= 11 is 0. The molecule has 2 fully saturated rings. The number of benzene rings is 2. The SMILES string of the molecule is O=C(N[C@@H]1C[C@H]1c1ccccc1)[C@@H]1CC(=O)N(c2cccc(C(F)(F)F)c2)C1. The summed E-state index contributed by atoms with van der Waals surface area (Å²) in [7, 11) is 0. The number of anilines is 1. The van der Waals surface area contributed by atoms with E-state index in [0.717, 1.165) is 18.6 Å². The Morgan fingerprint density at radius 2 is 1.82 bits per heavy atom. The maximum Gasteiger partial charge on any atom is 0.416 e. The molecule has 0 spiro atoms. The molecule has 1 aliphatic carbocycles. The van der Waals surface area contributed by atoms with E-state index in [9.17, 15) is 22.8 Å². The third-order valence-corrected chi connectivity index (χ3v) is 5.33. The maximum absolute atomic E-state index is 12.9. The van der Waals surface area contributed by atoms with Crippen LogP contribution in [0.4, 0.5) is 18.9 Å². The first-order valence-corrected chi connectivity index (χ1v) is 9.16. The lowest BCUT2D eigenvalue weighted by molar-refractivity contribution is -0.137. The van der Waals surface area contributed by atoms with E-state index in [-0.39, 0.29) is 42.4 Å². The molecule has 1 N–H and O–H groups in total. The van der Waals surface area contributed by atoms with E-state index >= 15 is 0 Å². The summed E-state index contributed by atoms with van der Waals surface area (Å²) < 4.78 is 38.7. The largest absolute Gasteiger partial charge is 0.416 e. The van der Waals surface area contributed by atoms with Gasteiger partial charge < -0.3 is 10.2 Å². The molecule has 1 saturated carbocycles. The molecule has 4 nitrogen and oxygen atoms in total. The van der Waals surface area contributed by atoms with Crippen molar-refractivity contribution in [2.24, 2.45) is 5.92 Å². The Balaban J connectivity index is 1.39. The molecule has 1 aliphatic heterocycles. The first-order valence-electron chi connectivity index (χ1n) is 9.16. The van der Waals surface area contributed by atoms with Gasteiger partial charge in [-0.05, 0) is 30.2 Å². The van der Waals surface area contributed by atoms with Gasteiger partial charge in [-0.1, -0.05) is 36.4 Å². The predicted octanol–water partition coefficient (Wildman–Crippen LogP) is 3.73. The molecule has 1 heterocycles. The molecule has 3 atom stereocenters. The zero-order valence-electron chi connectivity index (χ0n) is 14.9. The summed E-state index contributed by atoms with van der Waals surface area (Å²) in [6.07, 6.45) is -3.62. The van der Waals surface area contributed by atoms with Crippen molar-refractivity contribution >= 4 is 17.5 Å². The van der Waals surface area contributed by atoms with Crippen LogP contribution in [-0.4, -0.2) is 24.4 Å². The fourth-order valence-corrected chi connectivity index (χ4v) is 3.71. The highest BCUT2D eigenvalue weighted by Gasteiger charge is 2.43. The van der Waals surface area contributed by atoms with E-state index < -0.39 is 17.7 Å². The summed E-state index contributed by atoms with van der Waals surface area (Å²) in [5, 5.41) is 2.97. The van der Waals surface area contributed by atoms with E-state index in [1.165, 1.54) is 22.6 Å². The van der Waals surface area contributed by atoms with Crippen molar-refractivity contribution in [3.63, 3.8) is 0 Å². The third-order valence-electron chi connectivity index (χ3n) is 5.33. The van der Waals surface area contributed by atoms with Crippen LogP contribution in [0.25, 0.3) is 0 Å². The maximum atomic E-state index is 12.9. The van der Waals surface area contributed by atoms with Crippen LogP contribution in [0.15, 0.2) is 54.6 Å². The number of hydrogen-bond acceptors (Lipinski definition) is 2. The van der Waals surface area contributed by atoms with Gasteiger partial charge >= 0.3 is 6.18 Å². The van der Waals surface area contributed by atoms with Crippen molar-refractivity contribution in [1.82, 2.24) is 5.32 Å². The molecular formula is C21H19F3N2O2. The molecule has 4 rings (SSSR count). The van der Waals surface area contributed by atoms with Gasteiger partial charge in [0, 0.05) is 30.6 Å². The van der Waals surface area contributed by atoms with Gasteiger partial charge in [0.25, 0.3) is 0 Å². The number of nitrogens with zero attached hydrogens (tertiary/aromatic N) is 1. The highest BCUT2D eigenvalue weighted by Crippen LogP contribution is 2.41. The predicted molar refractivity (Wildman–Crippen MR) is 97.6 cm³/mol. The zero-order valence-corrected chi connectivity index (χ0v) is 14.9. The zero-order chi connectivity index (χ0) is 19.9. The molecule has 0 radical (unpaired) electrons. The van der Waals surface area contributed by atoms with E-state index in [1.54, 1.807) is 0 Å². The lowest BCUT2D eigenvalue weighted by Crippen LogP contribution is -2.34. The van der Waals surface area contributed by atoms with Crippen molar-refractivity contribution < 1.29 is 22.8 Å². The number of halogens is 3. The molecule has 2 aliphatic rings. The summed E-state index contributed by atoms with van der Waals surface area (Å²) in [6.45, 7) is 0.0920. The molecule has 2 amide bonds. The van der Waals surface area contributed by atoms with Crippen molar-refractivity contribution in [2.45, 2.75) is 31.0 Å². The van der Waals surface area contributed by atoms with E-state index in [2.05, 4.69) is 5.32 Å². The van der Waals surface area contributed by atoms with Gasteiger partial charge in [0.05, 0.1) is 11.5 Å². The Morgan fingerprint density at radius 3 is 2.54 bits per heavy atom. The molecule has 0 unspecified atom stereocenters. The second-order valence-electron chi connectivity index (χ2n) is 7.32. The van der Waals surface area contributed by atoms with Gasteiger partial charge in [0.1, 0.15) is 0 Å². The fraction of sp³-hybridized carbons (Fsp3) is 0.333. The van der Waals surface area contributed by atoms with E-state index in [4.69, 9.17) is 0 Å². The van der Waals surface area contributed by atoms with Gasteiger partial charge in [0.2, 0.25) is 11.8 Å². The molecule has 7 heteroatoms. The van der Waals surface area contributed by atoms with Crippen LogP contribution < -0.4 is 10.2 Å². The molecule has 2 aromatic rings. The third kappa shape index (κ3) is 3.74. The number of hydrogen-bond donors (Lipinski definition) is 1. The van der Waals surface area contributed by atoms with Crippen molar-refractivity contribution in [2.75, 3.05) is 11.4 Å². The second-order valence-corrected chi connectivity index (χ2v) is 7.32. The topological polar surface area (TPSA) is 49.4 Å². The highest BCUT2D eigenvalue weighted by atomic mass is 19.4. The standard InChI is InChI=1S/C21H19F3N2O2/c22-21(23,24)15-7-4-8-16(10-15)26-12-14(9-19(26)27)20(28)25-18-11-17(18)13-5-2-1-3-6-13/h1-8,10,14,17-18H,9,11-12H2,(H,25,28)/t14-,17+,18-/m1/s1. The van der Waals surface area contributed by atoms with Crippen LogP contribution in [-0.2, 0) is 15.8 Å². The molecule has 2 aromatic carbocycles. The molecule has 28 heavy (non-hydrogen) atoms. The van der Waals surface area contributed by atoms with Gasteiger partial charge in [-0.3, -0.25) is 9.59 Å². The highest BCUT2D eigenvalue weighted by molar-refractivity contribution is 6.00. The number of carbonyl (C=O) groups excluding carboxylic acids is 2. The van der Waals surface area contributed by atoms with Gasteiger partial charge in [-0.15, -0.1) is 0 Å². The normalized spacial score (nSPS) is 24.3. The minimum absolute atomic E-state index is 0.00476. The Morgan fingerprint density at radius 1 is 1.07 bits per heavy atom. The minimum atomic E-state index is -4.48. The summed E-state index contributed by atoms with van der Waals surface area (Å²) in [5.41, 5.74) is 0.527. The van der Waals surface area contributed by atoms with Crippen molar-refractivity contribution in [3.8, 4) is 0 Å². The van der Waals surface area contributed by atoms with Crippen LogP contribution in [0.1, 0.15) is 29.9 Å². The lowest BCUT2D eigenvalue weighted by Gasteiger charge is -2.18. The van der Waals surface area contributed by atoms with Crippen LogP contribution >= 0.6 is 0 Å². The van der Waals surface area contributed by atoms with Crippen LogP contribution in [0.5, 0.6) is 0 Å². The van der Waals surface area contributed by atoms with Gasteiger partial charge in [0.15, 0.2) is 0 Å². The molecular weight excluding hydrogens is 369 g/mol. The quantitative estimate of drug-likeness (QED) is 0.868. The Bertz CT molecular complexity index is 898. The lowest BCUT2D eigenvalue weighted by atomic mass is 10.1. The average molecular weight is 388 g/mol. The number of rotatable bonds is 4. The van der Waals surface area contributed by atoms with Crippen molar-refractivity contribution in [3.05, 3.63) is 65.7 Å². The molecule has 1 saturated heterocycles. The first kappa shape index (κ1) is 18.5. The van der Waals surface area contributed by atoms with Crippen LogP contribution in [0, 0.1) is 5.92 Å². The summed E-state index contributed by atoms with van der Waals surface area (Å²) in [6, 6.07) is 14.6. The summed E-state index contributed by atoms with van der Waals surface area (Å²) in [5.74, 6) is -0.831. The first-order chi connectivity index (χ1) is 13.3. The fourth-order valence-electron chi connectivity index (χ4n) is 3.71. The van der Waals surface area contributed by atoms with Gasteiger partial charge in [-0.25, -0.2) is 0 Å². The number of carbonyl (C=O) groups is 2. The second kappa shape index (κ2) is 6.96. The number of alkyl halides is 3. The molecule has 0 aromatic heterocycles. The average Bonchev–Trinajstić information content (AvgIpc) is 3.33. The van der Waals surface area contributed by atoms with E-state index in [1.807, 2.05) is 30.3 Å². The van der Waals surface area contributed by atoms with E-state index in [0.29, 0.717) is 0 Å². The van der Waals surface area contributed by atoms with Gasteiger partial charge in [-0.2, -0.15) is 13.2 Å². The number of amides is 2. The van der Waals surface area contributed by atoms with Crippen LogP contribution in [0.2, 0.25) is 0 Å². The van der Waals surface area contributed by atoms with Crippen LogP contribution in [0.3, 0.4) is 0 Å². The molecule has 0 bridgehead atoms. The number of nitrogens with one attached hydrogen (secondary N) is 1. The Labute approximate surface area is 160 Å². The Hall–Kier alpha value is -2.83. The molecule has 146 valence electrons. The minimum Gasteiger partial charge on any atom is -0.352 e. The van der Waals surface area contributed by atoms with Crippen molar-refractivity contribution in [1.29, 1.82) is 0 Å². The monoisotopic (exact) mass is 388 g/mol. The smallest absolute Gasteiger partial charge is 0.352 e. The summed E-state index contributed by atoms with van der Waals surface area (Å²) in [4.78, 5) is 26.1. The Kier molecular flexibility index (Phi) is 4.61.